The van der Waals surface area contributed by atoms with Crippen molar-refractivity contribution in [3.8, 4) is 0 Å². The zero-order chi connectivity index (χ0) is 13.9. The zero-order valence-corrected chi connectivity index (χ0v) is 14.2. The molecule has 112 valence electrons. The third-order valence-electron chi connectivity index (χ3n) is 5.24. The lowest BCUT2D eigenvalue weighted by atomic mass is 9.70. The summed E-state index contributed by atoms with van der Waals surface area (Å²) >= 11 is 2.11. The van der Waals surface area contributed by atoms with Gasteiger partial charge < -0.3 is 5.32 Å². The average Bonchev–Trinajstić information content (AvgIpc) is 2.92. The lowest BCUT2D eigenvalue weighted by Crippen LogP contribution is -2.46. The summed E-state index contributed by atoms with van der Waals surface area (Å²) in [6.07, 6.45) is 8.96. The van der Waals surface area contributed by atoms with Crippen LogP contribution < -0.4 is 5.32 Å². The van der Waals surface area contributed by atoms with Gasteiger partial charge in [-0.05, 0) is 81.6 Å². The highest BCUT2D eigenvalue weighted by Crippen LogP contribution is 2.57. The van der Waals surface area contributed by atoms with E-state index >= 15 is 0 Å². The highest BCUT2D eigenvalue weighted by Gasteiger charge is 2.50. The lowest BCUT2D eigenvalue weighted by molar-refractivity contribution is 0.130. The molecule has 2 heteroatoms. The summed E-state index contributed by atoms with van der Waals surface area (Å²) in [4.78, 5) is 0. The third kappa shape index (κ3) is 4.14. The maximum atomic E-state index is 3.82. The van der Waals surface area contributed by atoms with Crippen molar-refractivity contribution in [1.82, 2.24) is 5.32 Å². The van der Waals surface area contributed by atoms with Crippen molar-refractivity contribution in [2.24, 2.45) is 17.3 Å². The molecule has 0 aromatic rings. The van der Waals surface area contributed by atoms with Crippen molar-refractivity contribution < 1.29 is 0 Å². The molecule has 3 unspecified atom stereocenters. The second kappa shape index (κ2) is 6.39. The normalized spacial score (nSPS) is 34.1. The molecule has 19 heavy (non-hydrogen) atoms. The molecule has 0 saturated heterocycles. The summed E-state index contributed by atoms with van der Waals surface area (Å²) in [5, 5.41) is 3.82. The van der Waals surface area contributed by atoms with Crippen LogP contribution in [0.3, 0.4) is 0 Å². The van der Waals surface area contributed by atoms with Gasteiger partial charge in [-0.2, -0.15) is 11.8 Å². The SMILES string of the molecule is CCSCCCC1(CNC(C)(C)C)CC2CCC1C2. The Labute approximate surface area is 124 Å². The van der Waals surface area contributed by atoms with Crippen LogP contribution in [0.4, 0.5) is 0 Å². The molecule has 1 nitrogen and oxygen atoms in total. The molecule has 0 aliphatic heterocycles. The maximum absolute atomic E-state index is 3.82. The van der Waals surface area contributed by atoms with E-state index in [4.69, 9.17) is 0 Å². The molecule has 0 amide bonds. The van der Waals surface area contributed by atoms with Crippen LogP contribution in [0, 0.1) is 17.3 Å². The predicted octanol–water partition coefficient (Wildman–Crippen LogP) is 4.71. The molecule has 2 aliphatic rings. The number of hydrogen-bond donors (Lipinski definition) is 1. The molecule has 2 saturated carbocycles. The Balaban J connectivity index is 1.90. The van der Waals surface area contributed by atoms with Gasteiger partial charge in [-0.1, -0.05) is 13.3 Å². The van der Waals surface area contributed by atoms with Crippen molar-refractivity contribution in [1.29, 1.82) is 0 Å². The summed E-state index contributed by atoms with van der Waals surface area (Å²) in [6, 6.07) is 0. The highest BCUT2D eigenvalue weighted by atomic mass is 32.2. The highest BCUT2D eigenvalue weighted by molar-refractivity contribution is 7.99. The Morgan fingerprint density at radius 3 is 2.58 bits per heavy atom. The van der Waals surface area contributed by atoms with Crippen LogP contribution in [0.5, 0.6) is 0 Å². The molecule has 3 atom stereocenters. The molecule has 0 aromatic carbocycles. The van der Waals surface area contributed by atoms with Crippen LogP contribution in [0.1, 0.15) is 66.2 Å². The topological polar surface area (TPSA) is 12.0 Å². The smallest absolute Gasteiger partial charge is 0.00967 e. The molecule has 0 heterocycles. The first-order valence-electron chi connectivity index (χ1n) is 8.28. The van der Waals surface area contributed by atoms with Crippen LogP contribution in [0.25, 0.3) is 0 Å². The summed E-state index contributed by atoms with van der Waals surface area (Å²) < 4.78 is 0. The van der Waals surface area contributed by atoms with Crippen molar-refractivity contribution in [3.63, 3.8) is 0 Å². The second-order valence-electron chi connectivity index (χ2n) is 7.85. The van der Waals surface area contributed by atoms with Crippen molar-refractivity contribution in [3.05, 3.63) is 0 Å². The first-order chi connectivity index (χ1) is 8.95. The van der Waals surface area contributed by atoms with Crippen LogP contribution >= 0.6 is 11.8 Å². The Kier molecular flexibility index (Phi) is 5.28. The van der Waals surface area contributed by atoms with E-state index in [0.717, 1.165) is 11.8 Å². The third-order valence-corrected chi connectivity index (χ3v) is 6.23. The van der Waals surface area contributed by atoms with E-state index in [0.29, 0.717) is 5.41 Å². The van der Waals surface area contributed by atoms with Gasteiger partial charge in [-0.3, -0.25) is 0 Å². The summed E-state index contributed by atoms with van der Waals surface area (Å²) in [7, 11) is 0. The zero-order valence-electron chi connectivity index (χ0n) is 13.4. The van der Waals surface area contributed by atoms with Gasteiger partial charge in [0.25, 0.3) is 0 Å². The first kappa shape index (κ1) is 15.7. The van der Waals surface area contributed by atoms with Gasteiger partial charge in [0.05, 0.1) is 0 Å². The van der Waals surface area contributed by atoms with Gasteiger partial charge in [0.15, 0.2) is 0 Å². The molecule has 1 N–H and O–H groups in total. The minimum absolute atomic E-state index is 0.271. The van der Waals surface area contributed by atoms with Crippen LogP contribution in [0.15, 0.2) is 0 Å². The van der Waals surface area contributed by atoms with Crippen molar-refractivity contribution in [2.75, 3.05) is 18.1 Å². The van der Waals surface area contributed by atoms with E-state index < -0.39 is 0 Å². The second-order valence-corrected chi connectivity index (χ2v) is 9.24. The lowest BCUT2D eigenvalue weighted by Gasteiger charge is -2.40. The number of nitrogens with one attached hydrogen (secondary N) is 1. The molecule has 2 aliphatic carbocycles. The fourth-order valence-electron chi connectivity index (χ4n) is 4.28. The Morgan fingerprint density at radius 1 is 1.26 bits per heavy atom. The number of thioether (sulfide) groups is 1. The van der Waals surface area contributed by atoms with E-state index in [2.05, 4.69) is 44.8 Å². The van der Waals surface area contributed by atoms with Gasteiger partial charge >= 0.3 is 0 Å². The van der Waals surface area contributed by atoms with Crippen LogP contribution in [0.2, 0.25) is 0 Å². The molecule has 2 fully saturated rings. The molecular weight excluding hydrogens is 250 g/mol. The van der Waals surface area contributed by atoms with Crippen LogP contribution in [-0.4, -0.2) is 23.6 Å². The number of rotatable bonds is 7. The van der Waals surface area contributed by atoms with Crippen molar-refractivity contribution in [2.45, 2.75) is 71.8 Å². The van der Waals surface area contributed by atoms with Gasteiger partial charge in [0.1, 0.15) is 0 Å². The Hall–Kier alpha value is 0.310. The fourth-order valence-corrected chi connectivity index (χ4v) is 4.92. The largest absolute Gasteiger partial charge is 0.312 e. The van der Waals surface area contributed by atoms with Gasteiger partial charge in [-0.25, -0.2) is 0 Å². The Morgan fingerprint density at radius 2 is 2.05 bits per heavy atom. The van der Waals surface area contributed by atoms with Crippen LogP contribution in [-0.2, 0) is 0 Å². The van der Waals surface area contributed by atoms with E-state index in [9.17, 15) is 0 Å². The predicted molar refractivity (Wildman–Crippen MR) is 87.9 cm³/mol. The first-order valence-corrected chi connectivity index (χ1v) is 9.43. The summed E-state index contributed by atoms with van der Waals surface area (Å²) in [6.45, 7) is 10.5. The van der Waals surface area contributed by atoms with Crippen molar-refractivity contribution >= 4 is 11.8 Å². The van der Waals surface area contributed by atoms with E-state index in [-0.39, 0.29) is 5.54 Å². The molecule has 0 radical (unpaired) electrons. The molecule has 0 spiro atoms. The fraction of sp³-hybridized carbons (Fsp3) is 1.00. The van der Waals surface area contributed by atoms with Gasteiger partial charge in [0.2, 0.25) is 0 Å². The van der Waals surface area contributed by atoms with Gasteiger partial charge in [0, 0.05) is 12.1 Å². The van der Waals surface area contributed by atoms with E-state index in [1.54, 1.807) is 0 Å². The average molecular weight is 284 g/mol. The molecule has 0 aromatic heterocycles. The minimum atomic E-state index is 0.271. The number of hydrogen-bond acceptors (Lipinski definition) is 2. The molecule has 2 rings (SSSR count). The summed E-state index contributed by atoms with van der Waals surface area (Å²) in [5.41, 5.74) is 0.914. The van der Waals surface area contributed by atoms with E-state index in [1.807, 2.05) is 0 Å². The molecular formula is C17H33NS. The number of fused-ring (bicyclic) bond motifs is 2. The van der Waals surface area contributed by atoms with E-state index in [1.165, 1.54) is 56.6 Å². The standard InChI is InChI=1S/C17H33NS/c1-5-19-10-6-9-17(13-18-16(2,3)4)12-14-7-8-15(17)11-14/h14-15,18H,5-13H2,1-4H3. The summed E-state index contributed by atoms with van der Waals surface area (Å²) in [5.74, 6) is 4.73. The molecule has 2 bridgehead atoms. The maximum Gasteiger partial charge on any atom is 0.00967 e. The Bertz CT molecular complexity index is 283. The van der Waals surface area contributed by atoms with Gasteiger partial charge in [-0.15, -0.1) is 0 Å². The monoisotopic (exact) mass is 283 g/mol. The quantitative estimate of drug-likeness (QED) is 0.679. The minimum Gasteiger partial charge on any atom is -0.312 e.